The van der Waals surface area contributed by atoms with Crippen LogP contribution in [0.25, 0.3) is 16.2 Å². The minimum atomic E-state index is -0.637. The summed E-state index contributed by atoms with van der Waals surface area (Å²) in [6, 6.07) is 11.9. The number of nitrogens with one attached hydrogen (secondary N) is 1. The largest absolute Gasteiger partial charge is 0.497 e. The van der Waals surface area contributed by atoms with E-state index in [1.54, 1.807) is 31.4 Å². The molecule has 0 spiro atoms. The number of nitriles is 1. The van der Waals surface area contributed by atoms with Crippen LogP contribution in [-0.2, 0) is 9.53 Å². The van der Waals surface area contributed by atoms with Crippen molar-refractivity contribution in [1.29, 1.82) is 5.26 Å². The van der Waals surface area contributed by atoms with E-state index in [2.05, 4.69) is 5.32 Å². The Labute approximate surface area is 205 Å². The molecule has 3 aromatic rings. The van der Waals surface area contributed by atoms with Gasteiger partial charge in [0.05, 0.1) is 25.8 Å². The Bertz CT molecular complexity index is 1290. The van der Waals surface area contributed by atoms with Crippen molar-refractivity contribution in [3.63, 3.8) is 0 Å². The summed E-state index contributed by atoms with van der Waals surface area (Å²) in [5.41, 5.74) is 0.428. The molecule has 0 atom stereocenters. The molecule has 0 bridgehead atoms. The van der Waals surface area contributed by atoms with Gasteiger partial charge in [-0.2, -0.15) is 5.26 Å². The number of methoxy groups -OCH3 is 3. The minimum absolute atomic E-state index is 0.0876. The molecular formula is C24H21ClN2O6S. The first kappa shape index (κ1) is 25.1. The summed E-state index contributed by atoms with van der Waals surface area (Å²) < 4.78 is 21.8. The predicted molar refractivity (Wildman–Crippen MR) is 130 cm³/mol. The Morgan fingerprint density at radius 2 is 1.91 bits per heavy atom. The summed E-state index contributed by atoms with van der Waals surface area (Å²) in [7, 11) is 4.48. The standard InChI is InChI=1S/C24H21ClN2O6S/c1-30-9-8-27-23(28)15(13-26)10-14-4-6-18(19(11-14)32-3)33-24(29)22-21(25)17-12-16(31-2)5-7-20(17)34-22/h4-7,10-12H,8-9H2,1-3H3,(H,27,28)/b15-10+. The van der Waals surface area contributed by atoms with Crippen LogP contribution in [0.15, 0.2) is 42.0 Å². The van der Waals surface area contributed by atoms with Crippen LogP contribution in [0.2, 0.25) is 5.02 Å². The number of rotatable bonds is 9. The van der Waals surface area contributed by atoms with Crippen LogP contribution in [-0.4, -0.2) is 46.4 Å². The lowest BCUT2D eigenvalue weighted by Gasteiger charge is -2.10. The number of ether oxygens (including phenoxy) is 4. The molecule has 176 valence electrons. The van der Waals surface area contributed by atoms with Crippen molar-refractivity contribution in [2.24, 2.45) is 0 Å². The second-order valence-corrected chi connectivity index (χ2v) is 8.26. The summed E-state index contributed by atoms with van der Waals surface area (Å²) in [6.45, 7) is 0.606. The van der Waals surface area contributed by atoms with E-state index in [1.165, 1.54) is 37.7 Å². The first-order valence-corrected chi connectivity index (χ1v) is 11.2. The highest BCUT2D eigenvalue weighted by atomic mass is 35.5. The Kier molecular flexibility index (Phi) is 8.49. The average molecular weight is 501 g/mol. The number of carbonyl (C=O) groups excluding carboxylic acids is 2. The highest BCUT2D eigenvalue weighted by molar-refractivity contribution is 7.21. The van der Waals surface area contributed by atoms with Gasteiger partial charge in [0.2, 0.25) is 0 Å². The fourth-order valence-corrected chi connectivity index (χ4v) is 4.34. The van der Waals surface area contributed by atoms with Crippen LogP contribution in [0.5, 0.6) is 17.2 Å². The number of amides is 1. The molecule has 1 N–H and O–H groups in total. The van der Waals surface area contributed by atoms with Crippen molar-refractivity contribution in [3.8, 4) is 23.3 Å². The number of hydrogen-bond donors (Lipinski definition) is 1. The van der Waals surface area contributed by atoms with Crippen LogP contribution >= 0.6 is 22.9 Å². The van der Waals surface area contributed by atoms with Gasteiger partial charge in [-0.3, -0.25) is 4.79 Å². The first-order valence-electron chi connectivity index (χ1n) is 9.97. The molecule has 0 saturated heterocycles. The zero-order valence-corrected chi connectivity index (χ0v) is 20.2. The number of esters is 1. The molecule has 2 aromatic carbocycles. The molecule has 1 aromatic heterocycles. The smallest absolute Gasteiger partial charge is 0.355 e. The third-order valence-electron chi connectivity index (χ3n) is 4.68. The SMILES string of the molecule is COCCNC(=O)/C(C#N)=C/c1ccc(OC(=O)c2sc3ccc(OC)cc3c2Cl)c(OC)c1. The van der Waals surface area contributed by atoms with E-state index in [9.17, 15) is 14.9 Å². The van der Waals surface area contributed by atoms with Gasteiger partial charge >= 0.3 is 5.97 Å². The van der Waals surface area contributed by atoms with Gasteiger partial charge in [-0.25, -0.2) is 4.79 Å². The maximum absolute atomic E-state index is 12.8. The molecule has 1 heterocycles. The van der Waals surface area contributed by atoms with E-state index >= 15 is 0 Å². The topological polar surface area (TPSA) is 107 Å². The van der Waals surface area contributed by atoms with Crippen LogP contribution < -0.4 is 19.5 Å². The van der Waals surface area contributed by atoms with Gasteiger partial charge in [0.1, 0.15) is 22.3 Å². The first-order chi connectivity index (χ1) is 16.4. The fourth-order valence-electron chi connectivity index (χ4n) is 2.99. The number of nitrogens with zero attached hydrogens (tertiary/aromatic N) is 1. The number of carbonyl (C=O) groups is 2. The summed E-state index contributed by atoms with van der Waals surface area (Å²) in [5, 5.41) is 12.9. The van der Waals surface area contributed by atoms with Crippen LogP contribution in [0.4, 0.5) is 0 Å². The third-order valence-corrected chi connectivity index (χ3v) is 6.33. The monoisotopic (exact) mass is 500 g/mol. The molecule has 0 fully saturated rings. The molecule has 0 unspecified atom stereocenters. The number of thiophene rings is 1. The quantitative estimate of drug-likeness (QED) is 0.152. The maximum Gasteiger partial charge on any atom is 0.355 e. The van der Waals surface area contributed by atoms with Gasteiger partial charge in [-0.1, -0.05) is 17.7 Å². The molecular weight excluding hydrogens is 480 g/mol. The van der Waals surface area contributed by atoms with Crippen LogP contribution in [0.3, 0.4) is 0 Å². The van der Waals surface area contributed by atoms with Crippen molar-refractivity contribution >= 4 is 51.0 Å². The lowest BCUT2D eigenvalue weighted by molar-refractivity contribution is -0.117. The van der Waals surface area contributed by atoms with Crippen molar-refractivity contribution in [1.82, 2.24) is 5.32 Å². The predicted octanol–water partition coefficient (Wildman–Crippen LogP) is 4.46. The molecule has 10 heteroatoms. The Balaban J connectivity index is 1.83. The molecule has 3 rings (SSSR count). The maximum atomic E-state index is 12.8. The van der Waals surface area contributed by atoms with Gasteiger partial charge in [0.15, 0.2) is 11.5 Å². The summed E-state index contributed by atoms with van der Waals surface area (Å²) in [4.78, 5) is 25.2. The zero-order chi connectivity index (χ0) is 24.7. The van der Waals surface area contributed by atoms with E-state index in [0.717, 1.165) is 4.70 Å². The lowest BCUT2D eigenvalue weighted by atomic mass is 10.1. The second kappa shape index (κ2) is 11.5. The van der Waals surface area contributed by atoms with Gasteiger partial charge in [-0.05, 0) is 42.0 Å². The highest BCUT2D eigenvalue weighted by Gasteiger charge is 2.21. The Morgan fingerprint density at radius 1 is 1.12 bits per heavy atom. The molecule has 0 aliphatic heterocycles. The van der Waals surface area contributed by atoms with E-state index in [4.69, 9.17) is 30.5 Å². The van der Waals surface area contributed by atoms with Gasteiger partial charge in [0, 0.05) is 23.7 Å². The van der Waals surface area contributed by atoms with Gasteiger partial charge in [-0.15, -0.1) is 11.3 Å². The van der Waals surface area contributed by atoms with Crippen molar-refractivity contribution in [2.75, 3.05) is 34.5 Å². The molecule has 0 aliphatic rings. The van der Waals surface area contributed by atoms with Crippen molar-refractivity contribution in [3.05, 3.63) is 57.4 Å². The fraction of sp³-hybridized carbons (Fsp3) is 0.208. The number of fused-ring (bicyclic) bond motifs is 1. The molecule has 0 radical (unpaired) electrons. The van der Waals surface area contributed by atoms with E-state index in [0.29, 0.717) is 23.3 Å². The number of hydrogen-bond acceptors (Lipinski definition) is 8. The zero-order valence-electron chi connectivity index (χ0n) is 18.6. The van der Waals surface area contributed by atoms with Gasteiger partial charge < -0.3 is 24.3 Å². The normalized spacial score (nSPS) is 11.1. The van der Waals surface area contributed by atoms with Crippen molar-refractivity contribution in [2.45, 2.75) is 0 Å². The molecule has 34 heavy (non-hydrogen) atoms. The summed E-state index contributed by atoms with van der Waals surface area (Å²) in [6.07, 6.45) is 1.41. The van der Waals surface area contributed by atoms with Crippen molar-refractivity contribution < 1.29 is 28.5 Å². The van der Waals surface area contributed by atoms with E-state index < -0.39 is 11.9 Å². The number of benzene rings is 2. The van der Waals surface area contributed by atoms with Crippen LogP contribution in [0, 0.1) is 11.3 Å². The molecule has 0 saturated carbocycles. The van der Waals surface area contributed by atoms with E-state index in [1.807, 2.05) is 12.1 Å². The van der Waals surface area contributed by atoms with E-state index in [-0.39, 0.29) is 33.5 Å². The molecule has 1 amide bonds. The minimum Gasteiger partial charge on any atom is -0.497 e. The second-order valence-electron chi connectivity index (χ2n) is 6.83. The van der Waals surface area contributed by atoms with Crippen LogP contribution in [0.1, 0.15) is 15.2 Å². The Morgan fingerprint density at radius 3 is 2.59 bits per heavy atom. The summed E-state index contributed by atoms with van der Waals surface area (Å²) in [5.74, 6) is -0.120. The lowest BCUT2D eigenvalue weighted by Crippen LogP contribution is -2.27. The highest BCUT2D eigenvalue weighted by Crippen LogP contribution is 2.38. The number of halogens is 1. The average Bonchev–Trinajstić information content (AvgIpc) is 3.18. The Hall–Kier alpha value is -3.58. The van der Waals surface area contributed by atoms with Gasteiger partial charge in [0.25, 0.3) is 5.91 Å². The molecule has 0 aliphatic carbocycles. The summed E-state index contributed by atoms with van der Waals surface area (Å²) >= 11 is 7.64. The molecule has 8 nitrogen and oxygen atoms in total. The third kappa shape index (κ3) is 5.66.